The fraction of sp³-hybridized carbons (Fsp3) is 0.562. The standard InChI is InChI=1S/C16H22N2O/c19-16-10-14-6-8-17-11-15(14)7-9-18(16)12-13-4-2-1-3-5-13/h1-5,14-15,17H,6-12H2/t14-,15-/m0/s1. The van der Waals surface area contributed by atoms with Gasteiger partial charge in [-0.05, 0) is 43.3 Å². The Balaban J connectivity index is 1.67. The summed E-state index contributed by atoms with van der Waals surface area (Å²) in [6.07, 6.45) is 3.06. The van der Waals surface area contributed by atoms with E-state index in [1.807, 2.05) is 23.1 Å². The molecule has 0 unspecified atom stereocenters. The van der Waals surface area contributed by atoms with Crippen molar-refractivity contribution < 1.29 is 4.79 Å². The summed E-state index contributed by atoms with van der Waals surface area (Å²) in [5.41, 5.74) is 1.24. The Bertz CT molecular complexity index is 432. The van der Waals surface area contributed by atoms with Crippen molar-refractivity contribution in [2.24, 2.45) is 11.8 Å². The number of fused-ring (bicyclic) bond motifs is 1. The Hall–Kier alpha value is -1.35. The monoisotopic (exact) mass is 258 g/mol. The summed E-state index contributed by atoms with van der Waals surface area (Å²) in [6, 6.07) is 10.3. The zero-order chi connectivity index (χ0) is 13.1. The van der Waals surface area contributed by atoms with E-state index in [0.29, 0.717) is 17.7 Å². The molecular formula is C16H22N2O. The molecule has 1 amide bonds. The third kappa shape index (κ3) is 2.98. The molecule has 0 aromatic heterocycles. The summed E-state index contributed by atoms with van der Waals surface area (Å²) in [6.45, 7) is 3.85. The number of nitrogens with zero attached hydrogens (tertiary/aromatic N) is 1. The Morgan fingerprint density at radius 2 is 2.00 bits per heavy atom. The predicted molar refractivity (Wildman–Crippen MR) is 75.6 cm³/mol. The van der Waals surface area contributed by atoms with Gasteiger partial charge in [0.15, 0.2) is 0 Å². The fourth-order valence-corrected chi connectivity index (χ4v) is 3.35. The van der Waals surface area contributed by atoms with E-state index in [4.69, 9.17) is 0 Å². The molecule has 3 rings (SSSR count). The van der Waals surface area contributed by atoms with Crippen LogP contribution in [0.25, 0.3) is 0 Å². The van der Waals surface area contributed by atoms with Crippen molar-refractivity contribution in [3.8, 4) is 0 Å². The van der Waals surface area contributed by atoms with Crippen LogP contribution >= 0.6 is 0 Å². The largest absolute Gasteiger partial charge is 0.338 e. The van der Waals surface area contributed by atoms with Gasteiger partial charge in [0.2, 0.25) is 5.91 Å². The van der Waals surface area contributed by atoms with E-state index in [1.165, 1.54) is 5.56 Å². The second-order valence-electron chi connectivity index (χ2n) is 5.81. The number of piperidine rings is 1. The highest BCUT2D eigenvalue weighted by Gasteiger charge is 2.32. The van der Waals surface area contributed by atoms with Gasteiger partial charge in [0.05, 0.1) is 0 Å². The molecule has 0 saturated carbocycles. The topological polar surface area (TPSA) is 32.3 Å². The van der Waals surface area contributed by atoms with Crippen molar-refractivity contribution in [2.45, 2.75) is 25.8 Å². The van der Waals surface area contributed by atoms with Gasteiger partial charge in [-0.1, -0.05) is 30.3 Å². The van der Waals surface area contributed by atoms with Gasteiger partial charge in [-0.25, -0.2) is 0 Å². The SMILES string of the molecule is O=C1C[C@@H]2CCNC[C@@H]2CCN1Cc1ccccc1. The maximum Gasteiger partial charge on any atom is 0.223 e. The first-order chi connectivity index (χ1) is 9.33. The minimum absolute atomic E-state index is 0.346. The van der Waals surface area contributed by atoms with Crippen LogP contribution in [0, 0.1) is 11.8 Å². The third-order valence-corrected chi connectivity index (χ3v) is 4.54. The zero-order valence-corrected chi connectivity index (χ0v) is 11.3. The number of hydrogen-bond donors (Lipinski definition) is 1. The van der Waals surface area contributed by atoms with Gasteiger partial charge in [0.25, 0.3) is 0 Å². The van der Waals surface area contributed by atoms with Gasteiger partial charge in [-0.15, -0.1) is 0 Å². The summed E-state index contributed by atoms with van der Waals surface area (Å²) in [5, 5.41) is 3.46. The first-order valence-corrected chi connectivity index (χ1v) is 7.35. The van der Waals surface area contributed by atoms with Crippen molar-refractivity contribution >= 4 is 5.91 Å². The first kappa shape index (κ1) is 12.7. The molecule has 1 N–H and O–H groups in total. The minimum atomic E-state index is 0.346. The van der Waals surface area contributed by atoms with Crippen molar-refractivity contribution in [3.05, 3.63) is 35.9 Å². The third-order valence-electron chi connectivity index (χ3n) is 4.54. The van der Waals surface area contributed by atoms with Gasteiger partial charge >= 0.3 is 0 Å². The van der Waals surface area contributed by atoms with E-state index in [2.05, 4.69) is 17.4 Å². The average molecular weight is 258 g/mol. The molecule has 0 radical (unpaired) electrons. The molecule has 3 heteroatoms. The maximum atomic E-state index is 12.4. The number of amides is 1. The molecule has 2 saturated heterocycles. The molecular weight excluding hydrogens is 236 g/mol. The number of hydrogen-bond acceptors (Lipinski definition) is 2. The van der Waals surface area contributed by atoms with Crippen LogP contribution in [0.2, 0.25) is 0 Å². The Kier molecular flexibility index (Phi) is 3.83. The Morgan fingerprint density at radius 3 is 2.84 bits per heavy atom. The van der Waals surface area contributed by atoms with Crippen LogP contribution < -0.4 is 5.32 Å². The highest BCUT2D eigenvalue weighted by atomic mass is 16.2. The molecule has 2 fully saturated rings. The number of likely N-dealkylation sites (tertiary alicyclic amines) is 1. The van der Waals surface area contributed by atoms with Crippen LogP contribution in [-0.2, 0) is 11.3 Å². The second-order valence-corrected chi connectivity index (χ2v) is 5.81. The maximum absolute atomic E-state index is 12.4. The summed E-state index contributed by atoms with van der Waals surface area (Å²) < 4.78 is 0. The predicted octanol–water partition coefficient (Wildman–Crippen LogP) is 2.03. The zero-order valence-electron chi connectivity index (χ0n) is 11.3. The van der Waals surface area contributed by atoms with Crippen LogP contribution in [0.3, 0.4) is 0 Å². The molecule has 3 nitrogen and oxygen atoms in total. The van der Waals surface area contributed by atoms with Crippen LogP contribution in [0.1, 0.15) is 24.8 Å². The van der Waals surface area contributed by atoms with E-state index in [-0.39, 0.29) is 0 Å². The number of carbonyl (C=O) groups is 1. The molecule has 19 heavy (non-hydrogen) atoms. The summed E-state index contributed by atoms with van der Waals surface area (Å²) in [7, 11) is 0. The van der Waals surface area contributed by atoms with E-state index in [9.17, 15) is 4.79 Å². The molecule has 2 aliphatic heterocycles. The molecule has 2 atom stereocenters. The number of carbonyl (C=O) groups excluding carboxylic acids is 1. The van der Waals surface area contributed by atoms with Crippen LogP contribution in [0.4, 0.5) is 0 Å². The van der Waals surface area contributed by atoms with Gasteiger partial charge in [0, 0.05) is 19.5 Å². The molecule has 2 heterocycles. The molecule has 102 valence electrons. The van der Waals surface area contributed by atoms with Crippen LogP contribution in [0.15, 0.2) is 30.3 Å². The Morgan fingerprint density at radius 1 is 1.16 bits per heavy atom. The molecule has 1 aromatic carbocycles. The lowest BCUT2D eigenvalue weighted by atomic mass is 9.83. The van der Waals surface area contributed by atoms with Gasteiger partial charge in [0.1, 0.15) is 0 Å². The average Bonchev–Trinajstić information content (AvgIpc) is 2.60. The van der Waals surface area contributed by atoms with Crippen molar-refractivity contribution in [1.29, 1.82) is 0 Å². The summed E-state index contributed by atoms with van der Waals surface area (Å²) in [4.78, 5) is 14.4. The highest BCUT2D eigenvalue weighted by molar-refractivity contribution is 5.76. The molecule has 0 bridgehead atoms. The lowest BCUT2D eigenvalue weighted by molar-refractivity contribution is -0.132. The van der Waals surface area contributed by atoms with Gasteiger partial charge in [-0.2, -0.15) is 0 Å². The van der Waals surface area contributed by atoms with Crippen LogP contribution in [-0.4, -0.2) is 30.4 Å². The molecule has 1 aromatic rings. The lowest BCUT2D eigenvalue weighted by Gasteiger charge is -2.29. The number of nitrogens with one attached hydrogen (secondary N) is 1. The normalized spacial score (nSPS) is 27.8. The number of benzene rings is 1. The van der Waals surface area contributed by atoms with Crippen molar-refractivity contribution in [3.63, 3.8) is 0 Å². The minimum Gasteiger partial charge on any atom is -0.338 e. The van der Waals surface area contributed by atoms with Gasteiger partial charge in [-0.3, -0.25) is 4.79 Å². The van der Waals surface area contributed by atoms with Gasteiger partial charge < -0.3 is 10.2 Å². The Labute approximate surface area is 115 Å². The second kappa shape index (κ2) is 5.74. The summed E-state index contributed by atoms with van der Waals surface area (Å²) in [5.74, 6) is 1.64. The highest BCUT2D eigenvalue weighted by Crippen LogP contribution is 2.29. The molecule has 0 aliphatic carbocycles. The molecule has 0 spiro atoms. The van der Waals surface area contributed by atoms with E-state index in [0.717, 1.165) is 45.4 Å². The molecule has 2 aliphatic rings. The fourth-order valence-electron chi connectivity index (χ4n) is 3.35. The van der Waals surface area contributed by atoms with E-state index < -0.39 is 0 Å². The van der Waals surface area contributed by atoms with E-state index >= 15 is 0 Å². The van der Waals surface area contributed by atoms with E-state index in [1.54, 1.807) is 0 Å². The number of rotatable bonds is 2. The summed E-state index contributed by atoms with van der Waals surface area (Å²) >= 11 is 0. The quantitative estimate of drug-likeness (QED) is 0.880. The van der Waals surface area contributed by atoms with Crippen molar-refractivity contribution in [1.82, 2.24) is 10.2 Å². The first-order valence-electron chi connectivity index (χ1n) is 7.35. The van der Waals surface area contributed by atoms with Crippen LogP contribution in [0.5, 0.6) is 0 Å². The smallest absolute Gasteiger partial charge is 0.223 e. The van der Waals surface area contributed by atoms with Crippen molar-refractivity contribution in [2.75, 3.05) is 19.6 Å². The lowest BCUT2D eigenvalue weighted by Crippen LogP contribution is -2.36.